The third-order valence-electron chi connectivity index (χ3n) is 4.20. The summed E-state index contributed by atoms with van der Waals surface area (Å²) in [7, 11) is 0. The molecule has 23 heavy (non-hydrogen) atoms. The van der Waals surface area contributed by atoms with E-state index in [4.69, 9.17) is 4.42 Å². The van der Waals surface area contributed by atoms with E-state index in [0.717, 1.165) is 25.9 Å². The Morgan fingerprint density at radius 2 is 1.91 bits per heavy atom. The number of carbonyl (C=O) groups is 1. The SMILES string of the molecule is O=C(CCc1ncc(-c2ccccc2F)o1)N1CCCCCC1. The van der Waals surface area contributed by atoms with Gasteiger partial charge in [0.25, 0.3) is 0 Å². The van der Waals surface area contributed by atoms with Crippen LogP contribution in [-0.4, -0.2) is 28.9 Å². The molecule has 0 saturated carbocycles. The topological polar surface area (TPSA) is 46.3 Å². The van der Waals surface area contributed by atoms with E-state index in [1.807, 2.05) is 4.90 Å². The lowest BCUT2D eigenvalue weighted by molar-refractivity contribution is -0.131. The highest BCUT2D eigenvalue weighted by molar-refractivity contribution is 5.76. The van der Waals surface area contributed by atoms with E-state index < -0.39 is 0 Å². The lowest BCUT2D eigenvalue weighted by Gasteiger charge is -2.19. The number of aromatic nitrogens is 1. The van der Waals surface area contributed by atoms with Crippen molar-refractivity contribution in [1.29, 1.82) is 0 Å². The van der Waals surface area contributed by atoms with Crippen LogP contribution in [0.5, 0.6) is 0 Å². The molecule has 1 aromatic carbocycles. The fourth-order valence-electron chi connectivity index (χ4n) is 2.90. The van der Waals surface area contributed by atoms with Crippen molar-refractivity contribution >= 4 is 5.91 Å². The second kappa shape index (κ2) is 7.40. The molecule has 1 aliphatic heterocycles. The first-order valence-electron chi connectivity index (χ1n) is 8.21. The first-order chi connectivity index (χ1) is 11.2. The number of hydrogen-bond acceptors (Lipinski definition) is 3. The zero-order valence-electron chi connectivity index (χ0n) is 13.1. The third-order valence-corrected chi connectivity index (χ3v) is 4.20. The summed E-state index contributed by atoms with van der Waals surface area (Å²) < 4.78 is 19.3. The predicted octanol–water partition coefficient (Wildman–Crippen LogP) is 3.82. The molecule has 2 aromatic rings. The van der Waals surface area contributed by atoms with Crippen LogP contribution >= 0.6 is 0 Å². The molecule has 0 spiro atoms. The van der Waals surface area contributed by atoms with Crippen LogP contribution in [0.15, 0.2) is 34.9 Å². The molecule has 0 atom stereocenters. The van der Waals surface area contributed by atoms with Gasteiger partial charge in [-0.1, -0.05) is 25.0 Å². The zero-order valence-corrected chi connectivity index (χ0v) is 13.1. The standard InChI is InChI=1S/C18H21FN2O2/c19-15-8-4-3-7-14(15)16-13-20-17(23-16)9-10-18(22)21-11-5-1-2-6-12-21/h3-4,7-8,13H,1-2,5-6,9-12H2. The van der Waals surface area contributed by atoms with Gasteiger partial charge in [0, 0.05) is 25.9 Å². The second-order valence-electron chi connectivity index (χ2n) is 5.89. The molecule has 0 aliphatic carbocycles. The molecule has 5 heteroatoms. The van der Waals surface area contributed by atoms with Crippen molar-refractivity contribution in [2.75, 3.05) is 13.1 Å². The van der Waals surface area contributed by atoms with Crippen LogP contribution in [-0.2, 0) is 11.2 Å². The van der Waals surface area contributed by atoms with E-state index in [1.165, 1.54) is 25.1 Å². The number of carbonyl (C=O) groups excluding carboxylic acids is 1. The van der Waals surface area contributed by atoms with Crippen LogP contribution in [0, 0.1) is 5.82 Å². The number of halogens is 1. The summed E-state index contributed by atoms with van der Waals surface area (Å²) >= 11 is 0. The molecule has 2 heterocycles. The fourth-order valence-corrected chi connectivity index (χ4v) is 2.90. The molecule has 1 amide bonds. The van der Waals surface area contributed by atoms with Crippen molar-refractivity contribution in [2.45, 2.75) is 38.5 Å². The minimum atomic E-state index is -0.337. The molecule has 1 fully saturated rings. The van der Waals surface area contributed by atoms with Crippen molar-refractivity contribution in [3.63, 3.8) is 0 Å². The number of benzene rings is 1. The predicted molar refractivity (Wildman–Crippen MR) is 85.3 cm³/mol. The number of oxazole rings is 1. The Labute approximate surface area is 135 Å². The van der Waals surface area contributed by atoms with Gasteiger partial charge in [-0.25, -0.2) is 9.37 Å². The zero-order chi connectivity index (χ0) is 16.1. The third kappa shape index (κ3) is 3.97. The maximum atomic E-state index is 13.7. The summed E-state index contributed by atoms with van der Waals surface area (Å²) in [6, 6.07) is 6.43. The molecule has 1 aliphatic rings. The van der Waals surface area contributed by atoms with E-state index in [9.17, 15) is 9.18 Å². The van der Waals surface area contributed by atoms with Crippen molar-refractivity contribution in [3.8, 4) is 11.3 Å². The molecule has 0 N–H and O–H groups in total. The molecule has 4 nitrogen and oxygen atoms in total. The van der Waals surface area contributed by atoms with Gasteiger partial charge in [0.1, 0.15) is 5.82 Å². The van der Waals surface area contributed by atoms with E-state index in [2.05, 4.69) is 4.98 Å². The Bertz CT molecular complexity index is 661. The molecular formula is C18H21FN2O2. The summed E-state index contributed by atoms with van der Waals surface area (Å²) in [6.07, 6.45) is 6.93. The average Bonchev–Trinajstić information content (AvgIpc) is 2.86. The average molecular weight is 316 g/mol. The highest BCUT2D eigenvalue weighted by Crippen LogP contribution is 2.23. The largest absolute Gasteiger partial charge is 0.441 e. The van der Waals surface area contributed by atoms with Gasteiger partial charge in [0.05, 0.1) is 11.8 Å². The smallest absolute Gasteiger partial charge is 0.223 e. The lowest BCUT2D eigenvalue weighted by atomic mass is 10.2. The van der Waals surface area contributed by atoms with Crippen molar-refractivity contribution in [3.05, 3.63) is 42.2 Å². The first-order valence-corrected chi connectivity index (χ1v) is 8.21. The molecule has 1 saturated heterocycles. The highest BCUT2D eigenvalue weighted by Gasteiger charge is 2.17. The first kappa shape index (κ1) is 15.7. The maximum absolute atomic E-state index is 13.7. The summed E-state index contributed by atoms with van der Waals surface area (Å²) in [5.41, 5.74) is 0.394. The molecule has 0 unspecified atom stereocenters. The second-order valence-corrected chi connectivity index (χ2v) is 5.89. The summed E-state index contributed by atoms with van der Waals surface area (Å²) in [4.78, 5) is 18.4. The minimum absolute atomic E-state index is 0.151. The van der Waals surface area contributed by atoms with E-state index >= 15 is 0 Å². The van der Waals surface area contributed by atoms with Gasteiger partial charge in [-0.05, 0) is 25.0 Å². The Morgan fingerprint density at radius 3 is 2.65 bits per heavy atom. The van der Waals surface area contributed by atoms with Crippen LogP contribution in [0.4, 0.5) is 4.39 Å². The van der Waals surface area contributed by atoms with Gasteiger partial charge in [-0.3, -0.25) is 4.79 Å². The number of nitrogens with zero attached hydrogens (tertiary/aromatic N) is 2. The normalized spacial score (nSPS) is 15.4. The van der Waals surface area contributed by atoms with Crippen LogP contribution in [0.2, 0.25) is 0 Å². The quantitative estimate of drug-likeness (QED) is 0.861. The minimum Gasteiger partial charge on any atom is -0.441 e. The van der Waals surface area contributed by atoms with E-state index in [1.54, 1.807) is 18.2 Å². The Morgan fingerprint density at radius 1 is 1.17 bits per heavy atom. The molecule has 0 bridgehead atoms. The number of amides is 1. The van der Waals surface area contributed by atoms with Crippen LogP contribution < -0.4 is 0 Å². The van der Waals surface area contributed by atoms with E-state index in [-0.39, 0.29) is 11.7 Å². The lowest BCUT2D eigenvalue weighted by Crippen LogP contribution is -2.31. The van der Waals surface area contributed by atoms with Gasteiger partial charge in [-0.2, -0.15) is 0 Å². The van der Waals surface area contributed by atoms with Gasteiger partial charge < -0.3 is 9.32 Å². The van der Waals surface area contributed by atoms with Gasteiger partial charge in [-0.15, -0.1) is 0 Å². The summed E-state index contributed by atoms with van der Waals surface area (Å²) in [6.45, 7) is 1.70. The summed E-state index contributed by atoms with van der Waals surface area (Å²) in [5, 5.41) is 0. The Balaban J connectivity index is 1.59. The Kier molecular flexibility index (Phi) is 5.05. The molecule has 1 aromatic heterocycles. The van der Waals surface area contributed by atoms with Crippen LogP contribution in [0.3, 0.4) is 0 Å². The van der Waals surface area contributed by atoms with Gasteiger partial charge >= 0.3 is 0 Å². The molecule has 3 rings (SSSR count). The van der Waals surface area contributed by atoms with Crippen molar-refractivity contribution in [2.24, 2.45) is 0 Å². The monoisotopic (exact) mass is 316 g/mol. The molecule has 0 radical (unpaired) electrons. The maximum Gasteiger partial charge on any atom is 0.223 e. The number of hydrogen-bond donors (Lipinski definition) is 0. The number of aryl methyl sites for hydroxylation is 1. The fraction of sp³-hybridized carbons (Fsp3) is 0.444. The van der Waals surface area contributed by atoms with Crippen LogP contribution in [0.25, 0.3) is 11.3 Å². The van der Waals surface area contributed by atoms with Crippen LogP contribution in [0.1, 0.15) is 38.0 Å². The molecular weight excluding hydrogens is 295 g/mol. The molecule has 122 valence electrons. The summed E-state index contributed by atoms with van der Waals surface area (Å²) in [5.74, 6) is 0.695. The van der Waals surface area contributed by atoms with Gasteiger partial charge in [0.2, 0.25) is 5.91 Å². The van der Waals surface area contributed by atoms with Crippen molar-refractivity contribution in [1.82, 2.24) is 9.88 Å². The Hall–Kier alpha value is -2.17. The van der Waals surface area contributed by atoms with E-state index in [0.29, 0.717) is 30.1 Å². The number of likely N-dealkylation sites (tertiary alicyclic amines) is 1. The van der Waals surface area contributed by atoms with Crippen molar-refractivity contribution < 1.29 is 13.6 Å². The van der Waals surface area contributed by atoms with Gasteiger partial charge in [0.15, 0.2) is 11.7 Å². The number of rotatable bonds is 4. The highest BCUT2D eigenvalue weighted by atomic mass is 19.1.